The lowest BCUT2D eigenvalue weighted by molar-refractivity contribution is 0.0527. The van der Waals surface area contributed by atoms with Gasteiger partial charge in [-0.15, -0.1) is 0 Å². The number of rotatable bonds is 5. The average Bonchev–Trinajstić information content (AvgIpc) is 2.90. The number of carbonyl (C=O) groups is 2. The highest BCUT2D eigenvalue weighted by Crippen LogP contribution is 2.20. The summed E-state index contributed by atoms with van der Waals surface area (Å²) in [4.78, 5) is 32.4. The number of hydrogen-bond acceptors (Lipinski definition) is 7. The molecule has 24 heavy (non-hydrogen) atoms. The van der Waals surface area contributed by atoms with E-state index in [1.54, 1.807) is 19.9 Å². The number of amides is 1. The molecule has 0 saturated carbocycles. The standard InChI is InChI=1S/C15H19N5O4/c1-5-23-13(21)11-8-16-20(12(11)19-15(22)24-6-2)14-17-9(3)7-10(4)18-14/h7-8H,5-6H2,1-4H3,(H,19,22). The zero-order chi connectivity index (χ0) is 17.7. The number of ether oxygens (including phenoxy) is 2. The Balaban J connectivity index is 2.50. The van der Waals surface area contributed by atoms with Crippen LogP contribution < -0.4 is 5.32 Å². The van der Waals surface area contributed by atoms with Crippen LogP contribution in [0.25, 0.3) is 5.95 Å². The molecule has 1 N–H and O–H groups in total. The van der Waals surface area contributed by atoms with E-state index in [0.29, 0.717) is 0 Å². The van der Waals surface area contributed by atoms with Gasteiger partial charge in [-0.2, -0.15) is 9.78 Å². The number of nitrogens with one attached hydrogen (secondary N) is 1. The van der Waals surface area contributed by atoms with Crippen molar-refractivity contribution < 1.29 is 19.1 Å². The molecule has 0 aliphatic carbocycles. The van der Waals surface area contributed by atoms with E-state index in [2.05, 4.69) is 20.4 Å². The summed E-state index contributed by atoms with van der Waals surface area (Å²) in [7, 11) is 0. The summed E-state index contributed by atoms with van der Waals surface area (Å²) in [5.41, 5.74) is 1.55. The largest absolute Gasteiger partial charge is 0.462 e. The highest BCUT2D eigenvalue weighted by Gasteiger charge is 2.23. The minimum atomic E-state index is -0.714. The van der Waals surface area contributed by atoms with Crippen molar-refractivity contribution in [2.45, 2.75) is 27.7 Å². The molecule has 9 heteroatoms. The molecule has 0 fully saturated rings. The van der Waals surface area contributed by atoms with Gasteiger partial charge in [-0.25, -0.2) is 19.6 Å². The first-order valence-corrected chi connectivity index (χ1v) is 7.47. The Bertz CT molecular complexity index is 736. The predicted molar refractivity (Wildman–Crippen MR) is 85.2 cm³/mol. The maximum absolute atomic E-state index is 12.1. The van der Waals surface area contributed by atoms with E-state index < -0.39 is 12.1 Å². The summed E-state index contributed by atoms with van der Waals surface area (Å²) in [6.07, 6.45) is 0.579. The molecular weight excluding hydrogens is 314 g/mol. The minimum absolute atomic E-state index is 0.0904. The van der Waals surface area contributed by atoms with Crippen LogP contribution in [-0.2, 0) is 9.47 Å². The zero-order valence-corrected chi connectivity index (χ0v) is 14.0. The van der Waals surface area contributed by atoms with Crippen molar-refractivity contribution in [2.24, 2.45) is 0 Å². The second-order valence-corrected chi connectivity index (χ2v) is 4.84. The molecule has 0 aliphatic heterocycles. The quantitative estimate of drug-likeness (QED) is 0.834. The van der Waals surface area contributed by atoms with E-state index in [4.69, 9.17) is 9.47 Å². The summed E-state index contributed by atoms with van der Waals surface area (Å²) in [6, 6.07) is 1.80. The van der Waals surface area contributed by atoms with Crippen molar-refractivity contribution in [1.82, 2.24) is 19.7 Å². The van der Waals surface area contributed by atoms with E-state index in [1.807, 2.05) is 13.8 Å². The molecule has 9 nitrogen and oxygen atoms in total. The highest BCUT2D eigenvalue weighted by atomic mass is 16.5. The third kappa shape index (κ3) is 3.86. The number of aryl methyl sites for hydroxylation is 2. The molecule has 0 aromatic carbocycles. The number of esters is 1. The third-order valence-corrected chi connectivity index (χ3v) is 2.92. The Labute approximate surface area is 139 Å². The third-order valence-electron chi connectivity index (χ3n) is 2.92. The summed E-state index contributed by atoms with van der Waals surface area (Å²) < 4.78 is 11.1. The second kappa shape index (κ2) is 7.53. The lowest BCUT2D eigenvalue weighted by Gasteiger charge is -2.10. The van der Waals surface area contributed by atoms with Crippen molar-refractivity contribution in [1.29, 1.82) is 0 Å². The van der Waals surface area contributed by atoms with Crippen LogP contribution in [0.2, 0.25) is 0 Å². The highest BCUT2D eigenvalue weighted by molar-refractivity contribution is 5.98. The Hall–Kier alpha value is -2.97. The lowest BCUT2D eigenvalue weighted by atomic mass is 10.3. The Morgan fingerprint density at radius 3 is 2.33 bits per heavy atom. The number of carbonyl (C=O) groups excluding carboxylic acids is 2. The predicted octanol–water partition coefficient (Wildman–Crippen LogP) is 2.02. The van der Waals surface area contributed by atoms with Crippen LogP contribution in [0.15, 0.2) is 12.3 Å². The van der Waals surface area contributed by atoms with Crippen LogP contribution in [0.3, 0.4) is 0 Å². The van der Waals surface area contributed by atoms with Crippen molar-refractivity contribution in [3.63, 3.8) is 0 Å². The molecule has 0 unspecified atom stereocenters. The van der Waals surface area contributed by atoms with Gasteiger partial charge in [0.15, 0.2) is 5.82 Å². The second-order valence-electron chi connectivity index (χ2n) is 4.84. The summed E-state index contributed by atoms with van der Waals surface area (Å²) in [6.45, 7) is 7.38. The molecule has 0 saturated heterocycles. The Kier molecular flexibility index (Phi) is 5.46. The van der Waals surface area contributed by atoms with E-state index in [9.17, 15) is 9.59 Å². The first kappa shape index (κ1) is 17.4. The van der Waals surface area contributed by atoms with Crippen LogP contribution >= 0.6 is 0 Å². The van der Waals surface area contributed by atoms with Crippen LogP contribution in [0, 0.1) is 13.8 Å². The topological polar surface area (TPSA) is 108 Å². The van der Waals surface area contributed by atoms with Crippen LogP contribution in [-0.4, -0.2) is 45.0 Å². The smallest absolute Gasteiger partial charge is 0.412 e. The van der Waals surface area contributed by atoms with E-state index in [1.165, 1.54) is 10.9 Å². The Morgan fingerprint density at radius 1 is 1.12 bits per heavy atom. The van der Waals surface area contributed by atoms with Crippen molar-refractivity contribution in [3.8, 4) is 5.95 Å². The fraction of sp³-hybridized carbons (Fsp3) is 0.400. The molecular formula is C15H19N5O4. The van der Waals surface area contributed by atoms with E-state index in [0.717, 1.165) is 11.4 Å². The Morgan fingerprint density at radius 2 is 1.75 bits per heavy atom. The van der Waals surface area contributed by atoms with Gasteiger partial charge in [0.25, 0.3) is 5.95 Å². The number of hydrogen-bond donors (Lipinski definition) is 1. The maximum atomic E-state index is 12.1. The molecule has 0 atom stereocenters. The molecule has 128 valence electrons. The average molecular weight is 333 g/mol. The number of aromatic nitrogens is 4. The van der Waals surface area contributed by atoms with Gasteiger partial charge in [0, 0.05) is 11.4 Å². The SMILES string of the molecule is CCOC(=O)Nc1c(C(=O)OCC)cnn1-c1nc(C)cc(C)n1. The molecule has 0 bridgehead atoms. The van der Waals surface area contributed by atoms with Gasteiger partial charge < -0.3 is 9.47 Å². The number of nitrogens with zero attached hydrogens (tertiary/aromatic N) is 4. The normalized spacial score (nSPS) is 10.3. The fourth-order valence-electron chi connectivity index (χ4n) is 2.04. The number of anilines is 1. The van der Waals surface area contributed by atoms with Gasteiger partial charge >= 0.3 is 12.1 Å². The van der Waals surface area contributed by atoms with Gasteiger partial charge in [0.05, 0.1) is 19.4 Å². The van der Waals surface area contributed by atoms with Gasteiger partial charge in [0.1, 0.15) is 5.56 Å². The molecule has 2 aromatic rings. The summed E-state index contributed by atoms with van der Waals surface area (Å²) in [5, 5.41) is 6.60. The van der Waals surface area contributed by atoms with E-state index in [-0.39, 0.29) is 30.5 Å². The lowest BCUT2D eigenvalue weighted by Crippen LogP contribution is -2.19. The maximum Gasteiger partial charge on any atom is 0.412 e. The van der Waals surface area contributed by atoms with Crippen LogP contribution in [0.5, 0.6) is 0 Å². The molecule has 2 heterocycles. The molecule has 1 amide bonds. The van der Waals surface area contributed by atoms with Crippen molar-refractivity contribution in [2.75, 3.05) is 18.5 Å². The molecule has 0 aliphatic rings. The zero-order valence-electron chi connectivity index (χ0n) is 14.0. The molecule has 2 aromatic heterocycles. The van der Waals surface area contributed by atoms with Gasteiger partial charge in [-0.1, -0.05) is 0 Å². The molecule has 0 spiro atoms. The van der Waals surface area contributed by atoms with Crippen molar-refractivity contribution >= 4 is 17.9 Å². The van der Waals surface area contributed by atoms with Gasteiger partial charge in [-0.3, -0.25) is 5.32 Å². The molecule has 0 radical (unpaired) electrons. The van der Waals surface area contributed by atoms with E-state index >= 15 is 0 Å². The summed E-state index contributed by atoms with van der Waals surface area (Å²) in [5.74, 6) is -0.285. The molecule has 2 rings (SSSR count). The van der Waals surface area contributed by atoms with Crippen LogP contribution in [0.4, 0.5) is 10.6 Å². The monoisotopic (exact) mass is 333 g/mol. The summed E-state index contributed by atoms with van der Waals surface area (Å²) >= 11 is 0. The first-order valence-electron chi connectivity index (χ1n) is 7.47. The van der Waals surface area contributed by atoms with Gasteiger partial charge in [0.2, 0.25) is 0 Å². The minimum Gasteiger partial charge on any atom is -0.462 e. The fourth-order valence-corrected chi connectivity index (χ4v) is 2.04. The van der Waals surface area contributed by atoms with Gasteiger partial charge in [-0.05, 0) is 33.8 Å². The van der Waals surface area contributed by atoms with Crippen molar-refractivity contribution in [3.05, 3.63) is 29.2 Å². The van der Waals surface area contributed by atoms with Crippen LogP contribution in [0.1, 0.15) is 35.6 Å². The first-order chi connectivity index (χ1) is 11.5.